The highest BCUT2D eigenvalue weighted by Gasteiger charge is 2.13. The summed E-state index contributed by atoms with van der Waals surface area (Å²) >= 11 is 5.75. The standard InChI is InChI=1S/C14H11ClN2O3/c15-13-11(7-4-8-16-13)14(19)20-9-12(18)17-10-5-2-1-3-6-10/h1-8H,9H2,(H,17,18). The zero-order chi connectivity index (χ0) is 14.4. The smallest absolute Gasteiger partial charge is 0.341 e. The molecule has 1 aromatic carbocycles. The normalized spacial score (nSPS) is 9.85. The van der Waals surface area contributed by atoms with Crippen LogP contribution in [0.25, 0.3) is 0 Å². The first-order valence-electron chi connectivity index (χ1n) is 5.79. The molecule has 0 bridgehead atoms. The van der Waals surface area contributed by atoms with Gasteiger partial charge >= 0.3 is 5.97 Å². The van der Waals surface area contributed by atoms with E-state index in [-0.39, 0.29) is 17.3 Å². The molecule has 0 spiro atoms. The number of pyridine rings is 1. The molecule has 0 aliphatic heterocycles. The number of nitrogens with one attached hydrogen (secondary N) is 1. The van der Waals surface area contributed by atoms with Gasteiger partial charge in [-0.1, -0.05) is 29.8 Å². The first kappa shape index (κ1) is 14.0. The van der Waals surface area contributed by atoms with Crippen LogP contribution in [0, 0.1) is 0 Å². The molecule has 2 rings (SSSR count). The Hall–Kier alpha value is -2.40. The Morgan fingerprint density at radius 3 is 2.60 bits per heavy atom. The van der Waals surface area contributed by atoms with Gasteiger partial charge in [0.05, 0.1) is 5.56 Å². The number of esters is 1. The lowest BCUT2D eigenvalue weighted by Crippen LogP contribution is -2.21. The molecule has 0 unspecified atom stereocenters. The molecular weight excluding hydrogens is 280 g/mol. The summed E-state index contributed by atoms with van der Waals surface area (Å²) in [4.78, 5) is 27.1. The van der Waals surface area contributed by atoms with Gasteiger partial charge in [-0.05, 0) is 24.3 Å². The number of ether oxygens (including phenoxy) is 1. The molecule has 102 valence electrons. The number of nitrogens with zero attached hydrogens (tertiary/aromatic N) is 1. The Morgan fingerprint density at radius 1 is 1.15 bits per heavy atom. The van der Waals surface area contributed by atoms with Gasteiger partial charge in [0.25, 0.3) is 5.91 Å². The molecule has 0 saturated carbocycles. The van der Waals surface area contributed by atoms with Gasteiger partial charge in [-0.2, -0.15) is 0 Å². The largest absolute Gasteiger partial charge is 0.452 e. The quantitative estimate of drug-likeness (QED) is 0.694. The van der Waals surface area contributed by atoms with Crippen molar-refractivity contribution in [3.8, 4) is 0 Å². The summed E-state index contributed by atoms with van der Waals surface area (Å²) in [5.74, 6) is -1.11. The van der Waals surface area contributed by atoms with Crippen molar-refractivity contribution in [3.05, 3.63) is 59.4 Å². The van der Waals surface area contributed by atoms with E-state index in [2.05, 4.69) is 10.3 Å². The summed E-state index contributed by atoms with van der Waals surface area (Å²) in [7, 11) is 0. The molecule has 20 heavy (non-hydrogen) atoms. The SMILES string of the molecule is O=C(COC(=O)c1cccnc1Cl)Nc1ccccc1. The lowest BCUT2D eigenvalue weighted by molar-refractivity contribution is -0.119. The summed E-state index contributed by atoms with van der Waals surface area (Å²) in [6.45, 7) is -0.390. The number of halogens is 1. The lowest BCUT2D eigenvalue weighted by Gasteiger charge is -2.06. The fourth-order valence-electron chi connectivity index (χ4n) is 1.47. The van der Waals surface area contributed by atoms with Gasteiger partial charge in [0.2, 0.25) is 0 Å². The number of hydrogen-bond acceptors (Lipinski definition) is 4. The number of anilines is 1. The lowest BCUT2D eigenvalue weighted by atomic mass is 10.3. The number of carbonyl (C=O) groups is 2. The summed E-state index contributed by atoms with van der Waals surface area (Å²) in [5.41, 5.74) is 0.759. The Kier molecular flexibility index (Phi) is 4.68. The van der Waals surface area contributed by atoms with Crippen molar-refractivity contribution < 1.29 is 14.3 Å². The Balaban J connectivity index is 1.88. The molecule has 0 aliphatic carbocycles. The number of benzene rings is 1. The van der Waals surface area contributed by atoms with Gasteiger partial charge < -0.3 is 10.1 Å². The molecule has 0 aliphatic rings. The summed E-state index contributed by atoms with van der Waals surface area (Å²) in [6.07, 6.45) is 1.46. The number of aromatic nitrogens is 1. The van der Waals surface area contributed by atoms with E-state index < -0.39 is 11.9 Å². The number of carbonyl (C=O) groups excluding carboxylic acids is 2. The van der Waals surface area contributed by atoms with E-state index in [9.17, 15) is 9.59 Å². The van der Waals surface area contributed by atoms with Crippen LogP contribution in [0.15, 0.2) is 48.7 Å². The molecule has 0 saturated heterocycles. The van der Waals surface area contributed by atoms with Crippen LogP contribution in [0.5, 0.6) is 0 Å². The van der Waals surface area contributed by atoms with Gasteiger partial charge in [-0.25, -0.2) is 9.78 Å². The predicted octanol–water partition coefficient (Wildman–Crippen LogP) is 2.53. The van der Waals surface area contributed by atoms with Crippen LogP contribution >= 0.6 is 11.6 Å². The minimum Gasteiger partial charge on any atom is -0.452 e. The Bertz CT molecular complexity index is 617. The van der Waals surface area contributed by atoms with Crippen LogP contribution in [-0.4, -0.2) is 23.5 Å². The highest BCUT2D eigenvalue weighted by atomic mass is 35.5. The molecule has 2 aromatic rings. The maximum absolute atomic E-state index is 11.7. The number of rotatable bonds is 4. The van der Waals surface area contributed by atoms with Crippen molar-refractivity contribution in [1.82, 2.24) is 4.98 Å². The van der Waals surface area contributed by atoms with E-state index >= 15 is 0 Å². The van der Waals surface area contributed by atoms with Gasteiger partial charge in [0, 0.05) is 11.9 Å². The van der Waals surface area contributed by atoms with E-state index in [4.69, 9.17) is 16.3 Å². The number of amides is 1. The van der Waals surface area contributed by atoms with Crippen LogP contribution < -0.4 is 5.32 Å². The molecule has 0 fully saturated rings. The summed E-state index contributed by atoms with van der Waals surface area (Å²) < 4.78 is 4.87. The first-order chi connectivity index (χ1) is 9.66. The van der Waals surface area contributed by atoms with Crippen molar-refractivity contribution in [2.24, 2.45) is 0 Å². The monoisotopic (exact) mass is 290 g/mol. The van der Waals surface area contributed by atoms with Crippen molar-refractivity contribution >= 4 is 29.2 Å². The van der Waals surface area contributed by atoms with Crippen molar-refractivity contribution in [3.63, 3.8) is 0 Å². The second-order valence-electron chi connectivity index (χ2n) is 3.83. The predicted molar refractivity (Wildman–Crippen MR) is 74.6 cm³/mol. The van der Waals surface area contributed by atoms with E-state index in [0.717, 1.165) is 0 Å². The van der Waals surface area contributed by atoms with E-state index in [1.807, 2.05) is 6.07 Å². The third-order valence-corrected chi connectivity index (χ3v) is 2.67. The van der Waals surface area contributed by atoms with Crippen LogP contribution in [0.3, 0.4) is 0 Å². The van der Waals surface area contributed by atoms with Crippen LogP contribution in [0.1, 0.15) is 10.4 Å². The topological polar surface area (TPSA) is 68.3 Å². The molecular formula is C14H11ClN2O3. The van der Waals surface area contributed by atoms with Crippen LogP contribution in [0.2, 0.25) is 5.15 Å². The Morgan fingerprint density at radius 2 is 1.90 bits per heavy atom. The van der Waals surface area contributed by atoms with Crippen LogP contribution in [-0.2, 0) is 9.53 Å². The molecule has 1 heterocycles. The second kappa shape index (κ2) is 6.68. The van der Waals surface area contributed by atoms with Gasteiger partial charge in [-0.15, -0.1) is 0 Å². The maximum atomic E-state index is 11.7. The molecule has 0 radical (unpaired) electrons. The highest BCUT2D eigenvalue weighted by Crippen LogP contribution is 2.12. The third-order valence-electron chi connectivity index (χ3n) is 2.37. The zero-order valence-electron chi connectivity index (χ0n) is 10.4. The highest BCUT2D eigenvalue weighted by molar-refractivity contribution is 6.32. The van der Waals surface area contributed by atoms with Crippen molar-refractivity contribution in [2.45, 2.75) is 0 Å². The molecule has 1 aromatic heterocycles. The molecule has 1 N–H and O–H groups in total. The summed E-state index contributed by atoms with van der Waals surface area (Å²) in [6, 6.07) is 11.9. The average Bonchev–Trinajstić information content (AvgIpc) is 2.46. The number of hydrogen-bond donors (Lipinski definition) is 1. The number of para-hydroxylation sites is 1. The fourth-order valence-corrected chi connectivity index (χ4v) is 1.66. The van der Waals surface area contributed by atoms with Crippen molar-refractivity contribution in [1.29, 1.82) is 0 Å². The van der Waals surface area contributed by atoms with Crippen molar-refractivity contribution in [2.75, 3.05) is 11.9 Å². The fraction of sp³-hybridized carbons (Fsp3) is 0.0714. The molecule has 0 atom stereocenters. The average molecular weight is 291 g/mol. The van der Waals surface area contributed by atoms with E-state index in [0.29, 0.717) is 5.69 Å². The Labute approximate surface area is 120 Å². The third kappa shape index (κ3) is 3.80. The van der Waals surface area contributed by atoms with Gasteiger partial charge in [-0.3, -0.25) is 4.79 Å². The van der Waals surface area contributed by atoms with E-state index in [1.165, 1.54) is 12.3 Å². The molecule has 1 amide bonds. The van der Waals surface area contributed by atoms with Gasteiger partial charge in [0.15, 0.2) is 6.61 Å². The zero-order valence-corrected chi connectivity index (χ0v) is 11.1. The second-order valence-corrected chi connectivity index (χ2v) is 4.19. The maximum Gasteiger partial charge on any atom is 0.341 e. The summed E-state index contributed by atoms with van der Waals surface area (Å²) in [5, 5.41) is 2.64. The van der Waals surface area contributed by atoms with E-state index in [1.54, 1.807) is 30.3 Å². The minimum absolute atomic E-state index is 0.0426. The first-order valence-corrected chi connectivity index (χ1v) is 6.17. The van der Waals surface area contributed by atoms with Crippen LogP contribution in [0.4, 0.5) is 5.69 Å². The molecule has 6 heteroatoms. The van der Waals surface area contributed by atoms with Gasteiger partial charge in [0.1, 0.15) is 5.15 Å². The molecule has 5 nitrogen and oxygen atoms in total. The minimum atomic E-state index is -0.689.